The van der Waals surface area contributed by atoms with Gasteiger partial charge in [0.1, 0.15) is 6.04 Å². The minimum Gasteiger partial charge on any atom is -0.357 e. The Labute approximate surface area is 120 Å². The average Bonchev–Trinajstić information content (AvgIpc) is 2.90. The summed E-state index contributed by atoms with van der Waals surface area (Å²) in [6.45, 7) is 2.68. The summed E-state index contributed by atoms with van der Waals surface area (Å²) < 4.78 is 0. The molecule has 0 aromatic heterocycles. The van der Waals surface area contributed by atoms with Crippen LogP contribution in [0.25, 0.3) is 0 Å². The lowest BCUT2D eigenvalue weighted by Crippen LogP contribution is -2.51. The molecule has 0 saturated carbocycles. The minimum atomic E-state index is -0.245. The molecule has 2 saturated heterocycles. The van der Waals surface area contributed by atoms with Gasteiger partial charge in [-0.15, -0.1) is 12.4 Å². The van der Waals surface area contributed by atoms with Crippen molar-refractivity contribution < 1.29 is 9.59 Å². The molecule has 2 heterocycles. The Balaban J connectivity index is 0.00000180. The molecular weight excluding hydrogens is 266 g/mol. The molecule has 6 heteroatoms. The normalized spacial score (nSPS) is 26.7. The van der Waals surface area contributed by atoms with E-state index in [4.69, 9.17) is 0 Å². The SMILES string of the molecule is CNC(=O)C1CCCCN1C(=O)CC1CCNC1.Cl. The van der Waals surface area contributed by atoms with E-state index in [1.807, 2.05) is 0 Å². The van der Waals surface area contributed by atoms with Gasteiger partial charge in [-0.25, -0.2) is 0 Å². The number of carbonyl (C=O) groups is 2. The number of rotatable bonds is 3. The van der Waals surface area contributed by atoms with Crippen molar-refractivity contribution in [1.82, 2.24) is 15.5 Å². The minimum absolute atomic E-state index is 0. The zero-order valence-electron chi connectivity index (χ0n) is 11.5. The van der Waals surface area contributed by atoms with Gasteiger partial charge in [-0.2, -0.15) is 0 Å². The molecule has 2 amide bonds. The van der Waals surface area contributed by atoms with E-state index in [1.165, 1.54) is 0 Å². The maximum absolute atomic E-state index is 12.3. The molecule has 0 bridgehead atoms. The number of likely N-dealkylation sites (tertiary alicyclic amines) is 1. The van der Waals surface area contributed by atoms with E-state index in [9.17, 15) is 9.59 Å². The molecule has 2 N–H and O–H groups in total. The Hall–Kier alpha value is -0.810. The van der Waals surface area contributed by atoms with E-state index in [2.05, 4.69) is 10.6 Å². The van der Waals surface area contributed by atoms with Gasteiger partial charge in [0.05, 0.1) is 0 Å². The lowest BCUT2D eigenvalue weighted by Gasteiger charge is -2.35. The van der Waals surface area contributed by atoms with E-state index in [-0.39, 0.29) is 30.3 Å². The molecule has 2 aliphatic rings. The number of amides is 2. The summed E-state index contributed by atoms with van der Waals surface area (Å²) in [5, 5.41) is 5.94. The number of halogens is 1. The molecule has 0 spiro atoms. The smallest absolute Gasteiger partial charge is 0.242 e. The van der Waals surface area contributed by atoms with Crippen LogP contribution in [0, 0.1) is 5.92 Å². The van der Waals surface area contributed by atoms with Gasteiger partial charge in [0.25, 0.3) is 0 Å². The van der Waals surface area contributed by atoms with Gasteiger partial charge in [-0.1, -0.05) is 0 Å². The Bertz CT molecular complexity index is 319. The highest BCUT2D eigenvalue weighted by atomic mass is 35.5. The van der Waals surface area contributed by atoms with Crippen LogP contribution < -0.4 is 10.6 Å². The molecule has 5 nitrogen and oxygen atoms in total. The summed E-state index contributed by atoms with van der Waals surface area (Å²) in [5.74, 6) is 0.578. The Kier molecular flexibility index (Phi) is 6.58. The number of hydrogen-bond acceptors (Lipinski definition) is 3. The molecule has 2 rings (SSSR count). The zero-order valence-corrected chi connectivity index (χ0v) is 12.3. The highest BCUT2D eigenvalue weighted by molar-refractivity contribution is 5.87. The van der Waals surface area contributed by atoms with Crippen LogP contribution in [0.1, 0.15) is 32.1 Å². The number of hydrogen-bond donors (Lipinski definition) is 2. The molecule has 0 aromatic rings. The van der Waals surface area contributed by atoms with Crippen molar-refractivity contribution in [1.29, 1.82) is 0 Å². The fourth-order valence-corrected chi connectivity index (χ4v) is 2.92. The molecule has 2 fully saturated rings. The van der Waals surface area contributed by atoms with Gasteiger partial charge >= 0.3 is 0 Å². The average molecular weight is 290 g/mol. The fraction of sp³-hybridized carbons (Fsp3) is 0.846. The third kappa shape index (κ3) is 4.08. The zero-order chi connectivity index (χ0) is 13.0. The first-order valence-corrected chi connectivity index (χ1v) is 6.94. The molecule has 2 atom stereocenters. The Morgan fingerprint density at radius 3 is 2.74 bits per heavy atom. The Morgan fingerprint density at radius 1 is 1.32 bits per heavy atom. The summed E-state index contributed by atoms with van der Waals surface area (Å²) in [7, 11) is 1.64. The standard InChI is InChI=1S/C13H23N3O2.ClH/c1-14-13(18)11-4-2-3-7-16(11)12(17)8-10-5-6-15-9-10;/h10-11,15H,2-9H2,1H3,(H,14,18);1H. The molecule has 110 valence electrons. The van der Waals surface area contributed by atoms with Crippen LogP contribution in [0.2, 0.25) is 0 Å². The lowest BCUT2D eigenvalue weighted by molar-refractivity contribution is -0.142. The molecule has 2 unspecified atom stereocenters. The molecule has 19 heavy (non-hydrogen) atoms. The second-order valence-electron chi connectivity index (χ2n) is 5.28. The quantitative estimate of drug-likeness (QED) is 0.797. The van der Waals surface area contributed by atoms with Crippen molar-refractivity contribution >= 4 is 24.2 Å². The van der Waals surface area contributed by atoms with Gasteiger partial charge in [-0.05, 0) is 44.7 Å². The highest BCUT2D eigenvalue weighted by Crippen LogP contribution is 2.21. The predicted molar refractivity (Wildman–Crippen MR) is 76.3 cm³/mol. The van der Waals surface area contributed by atoms with E-state index >= 15 is 0 Å². The van der Waals surface area contributed by atoms with Crippen LogP contribution in [-0.2, 0) is 9.59 Å². The van der Waals surface area contributed by atoms with Crippen molar-refractivity contribution in [3.05, 3.63) is 0 Å². The second-order valence-corrected chi connectivity index (χ2v) is 5.28. The van der Waals surface area contributed by atoms with Crippen LogP contribution >= 0.6 is 12.4 Å². The van der Waals surface area contributed by atoms with Crippen molar-refractivity contribution in [2.75, 3.05) is 26.7 Å². The van der Waals surface area contributed by atoms with Gasteiger partial charge in [-0.3, -0.25) is 9.59 Å². The number of nitrogens with one attached hydrogen (secondary N) is 2. The fourth-order valence-electron chi connectivity index (χ4n) is 2.92. The number of carbonyl (C=O) groups excluding carboxylic acids is 2. The van der Waals surface area contributed by atoms with E-state index in [0.717, 1.165) is 45.3 Å². The topological polar surface area (TPSA) is 61.4 Å². The molecule has 0 radical (unpaired) electrons. The van der Waals surface area contributed by atoms with Crippen LogP contribution in [-0.4, -0.2) is 49.4 Å². The predicted octanol–water partition coefficient (Wildman–Crippen LogP) is 0.535. The third-order valence-corrected chi connectivity index (χ3v) is 4.00. The number of likely N-dealkylation sites (N-methyl/N-ethyl adjacent to an activating group) is 1. The molecule has 0 aromatic carbocycles. The molecule has 0 aliphatic carbocycles. The molecule has 2 aliphatic heterocycles. The maximum atomic E-state index is 12.3. The van der Waals surface area contributed by atoms with Crippen molar-refractivity contribution in [3.63, 3.8) is 0 Å². The van der Waals surface area contributed by atoms with Gasteiger partial charge < -0.3 is 15.5 Å². The molecular formula is C13H24ClN3O2. The summed E-state index contributed by atoms with van der Waals surface area (Å²) in [6.07, 6.45) is 4.51. The van der Waals surface area contributed by atoms with Gasteiger partial charge in [0, 0.05) is 20.0 Å². The highest BCUT2D eigenvalue weighted by Gasteiger charge is 2.32. The first kappa shape index (κ1) is 16.2. The number of piperidine rings is 1. The summed E-state index contributed by atoms with van der Waals surface area (Å²) >= 11 is 0. The van der Waals surface area contributed by atoms with Gasteiger partial charge in [0.2, 0.25) is 11.8 Å². The van der Waals surface area contributed by atoms with Crippen LogP contribution in [0.5, 0.6) is 0 Å². The monoisotopic (exact) mass is 289 g/mol. The van der Waals surface area contributed by atoms with E-state index in [0.29, 0.717) is 12.3 Å². The third-order valence-electron chi connectivity index (χ3n) is 4.00. The maximum Gasteiger partial charge on any atom is 0.242 e. The summed E-state index contributed by atoms with van der Waals surface area (Å²) in [6, 6.07) is -0.245. The summed E-state index contributed by atoms with van der Waals surface area (Å²) in [4.78, 5) is 25.9. The van der Waals surface area contributed by atoms with Crippen molar-refractivity contribution in [2.45, 2.75) is 38.1 Å². The first-order valence-electron chi connectivity index (χ1n) is 6.94. The largest absolute Gasteiger partial charge is 0.357 e. The van der Waals surface area contributed by atoms with Crippen molar-refractivity contribution in [2.24, 2.45) is 5.92 Å². The first-order chi connectivity index (χ1) is 8.72. The van der Waals surface area contributed by atoms with E-state index < -0.39 is 0 Å². The van der Waals surface area contributed by atoms with Crippen molar-refractivity contribution in [3.8, 4) is 0 Å². The lowest BCUT2D eigenvalue weighted by atomic mass is 9.98. The van der Waals surface area contributed by atoms with E-state index in [1.54, 1.807) is 11.9 Å². The van der Waals surface area contributed by atoms with Crippen LogP contribution in [0.4, 0.5) is 0 Å². The van der Waals surface area contributed by atoms with Crippen LogP contribution in [0.3, 0.4) is 0 Å². The number of nitrogens with zero attached hydrogens (tertiary/aromatic N) is 1. The van der Waals surface area contributed by atoms with Crippen LogP contribution in [0.15, 0.2) is 0 Å². The van der Waals surface area contributed by atoms with Gasteiger partial charge in [0.15, 0.2) is 0 Å². The summed E-state index contributed by atoms with van der Waals surface area (Å²) in [5.41, 5.74) is 0. The Morgan fingerprint density at radius 2 is 2.11 bits per heavy atom. The second kappa shape index (κ2) is 7.70.